The molecule has 33 heavy (non-hydrogen) atoms. The van der Waals surface area contributed by atoms with E-state index in [1.165, 1.54) is 4.90 Å². The van der Waals surface area contributed by atoms with Gasteiger partial charge in [-0.1, -0.05) is 24.3 Å². The Balaban J connectivity index is 1.69. The van der Waals surface area contributed by atoms with Crippen LogP contribution in [0, 0.1) is 18.6 Å². The van der Waals surface area contributed by atoms with Crippen LogP contribution < -0.4 is 15.4 Å². The van der Waals surface area contributed by atoms with Gasteiger partial charge >= 0.3 is 5.97 Å². The fourth-order valence-corrected chi connectivity index (χ4v) is 4.12. The van der Waals surface area contributed by atoms with Gasteiger partial charge in [0.05, 0.1) is 0 Å². The normalized spacial score (nSPS) is 16.0. The minimum atomic E-state index is -1.06. The van der Waals surface area contributed by atoms with Crippen molar-refractivity contribution < 1.29 is 23.4 Å². The van der Waals surface area contributed by atoms with Crippen LogP contribution in [-0.4, -0.2) is 28.6 Å². The second-order valence-corrected chi connectivity index (χ2v) is 8.17. The van der Waals surface area contributed by atoms with Crippen LogP contribution in [0.4, 0.5) is 14.6 Å². The maximum absolute atomic E-state index is 14.6. The number of aryl methyl sites for hydroxylation is 1. The summed E-state index contributed by atoms with van der Waals surface area (Å²) in [7, 11) is 0. The summed E-state index contributed by atoms with van der Waals surface area (Å²) >= 11 is 0. The first-order valence-electron chi connectivity index (χ1n) is 10.8. The highest BCUT2D eigenvalue weighted by Gasteiger charge is 2.32. The zero-order chi connectivity index (χ0) is 23.5. The van der Waals surface area contributed by atoms with Gasteiger partial charge < -0.3 is 20.5 Å². The molecule has 0 radical (unpaired) electrons. The van der Waals surface area contributed by atoms with E-state index in [1.54, 1.807) is 12.1 Å². The highest BCUT2D eigenvalue weighted by atomic mass is 19.1. The Kier molecular flexibility index (Phi) is 6.55. The molecule has 1 saturated heterocycles. The van der Waals surface area contributed by atoms with E-state index in [-0.39, 0.29) is 5.82 Å². The van der Waals surface area contributed by atoms with Crippen molar-refractivity contribution in [3.63, 3.8) is 0 Å². The van der Waals surface area contributed by atoms with Crippen molar-refractivity contribution in [3.8, 4) is 22.8 Å². The number of halogens is 2. The first-order chi connectivity index (χ1) is 15.9. The molecule has 1 aromatic heterocycles. The van der Waals surface area contributed by atoms with Gasteiger partial charge in [0.1, 0.15) is 11.8 Å². The highest BCUT2D eigenvalue weighted by Crippen LogP contribution is 2.33. The standard InChI is InChI=1S/C25H25F2N3O3/c1-15-9-18(17-6-4-5-16(11-17)14-28)12-19(10-15)33-24-21(27)13-20(26)23(29-24)30-8-3-2-7-22(30)25(31)32/h4-6,9-13,22H,2-3,7-8,14,28H2,1H3,(H,31,32)/t22-/m0/s1. The maximum Gasteiger partial charge on any atom is 0.326 e. The van der Waals surface area contributed by atoms with E-state index in [1.807, 2.05) is 37.3 Å². The number of carboxylic acids is 1. The minimum absolute atomic E-state index is 0.220. The van der Waals surface area contributed by atoms with E-state index in [4.69, 9.17) is 10.5 Å². The molecule has 0 saturated carbocycles. The molecule has 1 aliphatic heterocycles. The number of ether oxygens (including phenoxy) is 1. The number of piperidine rings is 1. The van der Waals surface area contributed by atoms with Gasteiger partial charge in [-0.3, -0.25) is 0 Å². The fourth-order valence-electron chi connectivity index (χ4n) is 4.12. The first kappa shape index (κ1) is 22.7. The summed E-state index contributed by atoms with van der Waals surface area (Å²) in [5.41, 5.74) is 9.38. The van der Waals surface area contributed by atoms with Gasteiger partial charge in [0.25, 0.3) is 5.88 Å². The lowest BCUT2D eigenvalue weighted by atomic mass is 10.0. The molecule has 0 unspecified atom stereocenters. The van der Waals surface area contributed by atoms with Crippen molar-refractivity contribution in [3.05, 3.63) is 71.3 Å². The minimum Gasteiger partial charge on any atom is -0.480 e. The molecular formula is C25H25F2N3O3. The number of benzene rings is 2. The van der Waals surface area contributed by atoms with Crippen LogP contribution in [0.5, 0.6) is 11.6 Å². The topological polar surface area (TPSA) is 88.7 Å². The zero-order valence-electron chi connectivity index (χ0n) is 18.2. The van der Waals surface area contributed by atoms with E-state index in [2.05, 4.69) is 4.98 Å². The van der Waals surface area contributed by atoms with Crippen LogP contribution in [0.15, 0.2) is 48.5 Å². The number of rotatable bonds is 6. The van der Waals surface area contributed by atoms with Crippen LogP contribution in [0.2, 0.25) is 0 Å². The summed E-state index contributed by atoms with van der Waals surface area (Å²) in [6.07, 6.45) is 1.78. The smallest absolute Gasteiger partial charge is 0.326 e. The third-order valence-electron chi connectivity index (χ3n) is 5.70. The number of nitrogens with zero attached hydrogens (tertiary/aromatic N) is 2. The van der Waals surface area contributed by atoms with Crippen LogP contribution in [0.25, 0.3) is 11.1 Å². The van der Waals surface area contributed by atoms with E-state index in [0.717, 1.165) is 28.7 Å². The molecule has 3 aromatic rings. The number of aromatic nitrogens is 1. The van der Waals surface area contributed by atoms with Crippen LogP contribution in [-0.2, 0) is 11.3 Å². The number of carbonyl (C=O) groups is 1. The second-order valence-electron chi connectivity index (χ2n) is 8.17. The van der Waals surface area contributed by atoms with Gasteiger partial charge in [0, 0.05) is 19.2 Å². The number of anilines is 1. The monoisotopic (exact) mass is 453 g/mol. The summed E-state index contributed by atoms with van der Waals surface area (Å²) in [4.78, 5) is 17.1. The lowest BCUT2D eigenvalue weighted by Crippen LogP contribution is -2.45. The predicted molar refractivity (Wildman–Crippen MR) is 121 cm³/mol. The zero-order valence-corrected chi connectivity index (χ0v) is 18.2. The highest BCUT2D eigenvalue weighted by molar-refractivity contribution is 5.78. The maximum atomic E-state index is 14.6. The van der Waals surface area contributed by atoms with Crippen molar-refractivity contribution >= 4 is 11.8 Å². The summed E-state index contributed by atoms with van der Waals surface area (Å²) in [5.74, 6) is -3.24. The number of carboxylic acid groups (broad SMARTS) is 1. The SMILES string of the molecule is Cc1cc(Oc2nc(N3CCCC[C@H]3C(=O)O)c(F)cc2F)cc(-c2cccc(CN)c2)c1. The van der Waals surface area contributed by atoms with Crippen molar-refractivity contribution in [1.82, 2.24) is 4.98 Å². The Morgan fingerprint density at radius 3 is 2.73 bits per heavy atom. The molecule has 6 nitrogen and oxygen atoms in total. The molecule has 0 aliphatic carbocycles. The molecule has 3 N–H and O–H groups in total. The molecule has 8 heteroatoms. The molecular weight excluding hydrogens is 428 g/mol. The van der Waals surface area contributed by atoms with Gasteiger partial charge in [-0.15, -0.1) is 0 Å². The summed E-state index contributed by atoms with van der Waals surface area (Å²) in [5, 5.41) is 9.52. The largest absolute Gasteiger partial charge is 0.480 e. The Morgan fingerprint density at radius 2 is 1.97 bits per heavy atom. The van der Waals surface area contributed by atoms with Crippen LogP contribution >= 0.6 is 0 Å². The first-order valence-corrected chi connectivity index (χ1v) is 10.8. The Morgan fingerprint density at radius 1 is 1.15 bits per heavy atom. The van der Waals surface area contributed by atoms with Gasteiger partial charge in [-0.25, -0.2) is 13.6 Å². The molecule has 4 rings (SSSR count). The van der Waals surface area contributed by atoms with E-state index < -0.39 is 29.5 Å². The van der Waals surface area contributed by atoms with Gasteiger partial charge in [-0.2, -0.15) is 4.98 Å². The molecule has 0 bridgehead atoms. The van der Waals surface area contributed by atoms with E-state index >= 15 is 0 Å². The Bertz CT molecular complexity index is 1190. The third-order valence-corrected chi connectivity index (χ3v) is 5.70. The lowest BCUT2D eigenvalue weighted by molar-refractivity contribution is -0.139. The molecule has 1 fully saturated rings. The van der Waals surface area contributed by atoms with Gasteiger partial charge in [0.2, 0.25) is 0 Å². The molecule has 1 aliphatic rings. The summed E-state index contributed by atoms with van der Waals surface area (Å²) < 4.78 is 34.9. The van der Waals surface area contributed by atoms with Crippen LogP contribution in [0.3, 0.4) is 0 Å². The summed E-state index contributed by atoms with van der Waals surface area (Å²) in [6, 6.07) is 13.0. The third kappa shape index (κ3) is 4.96. The van der Waals surface area contributed by atoms with Crippen LogP contribution in [0.1, 0.15) is 30.4 Å². The molecule has 2 aromatic carbocycles. The number of pyridine rings is 1. The average molecular weight is 453 g/mol. The Hall–Kier alpha value is -3.52. The molecule has 2 heterocycles. The predicted octanol–water partition coefficient (Wildman–Crippen LogP) is 5.03. The quantitative estimate of drug-likeness (QED) is 0.544. The van der Waals surface area contributed by atoms with Gasteiger partial charge in [-0.05, 0) is 66.6 Å². The Labute approximate surface area is 190 Å². The van der Waals surface area contributed by atoms with Crippen molar-refractivity contribution in [1.29, 1.82) is 0 Å². The second kappa shape index (κ2) is 9.54. The summed E-state index contributed by atoms with van der Waals surface area (Å²) in [6.45, 7) is 2.61. The fraction of sp³-hybridized carbons (Fsp3) is 0.280. The molecule has 0 spiro atoms. The van der Waals surface area contributed by atoms with E-state index in [0.29, 0.717) is 37.7 Å². The van der Waals surface area contributed by atoms with Gasteiger partial charge in [0.15, 0.2) is 17.5 Å². The molecule has 0 amide bonds. The number of hydrogen-bond donors (Lipinski definition) is 2. The number of hydrogen-bond acceptors (Lipinski definition) is 5. The van der Waals surface area contributed by atoms with E-state index in [9.17, 15) is 18.7 Å². The molecule has 172 valence electrons. The van der Waals surface area contributed by atoms with Crippen molar-refractivity contribution in [2.45, 2.75) is 38.8 Å². The number of aliphatic carboxylic acids is 1. The molecule has 1 atom stereocenters. The lowest BCUT2D eigenvalue weighted by Gasteiger charge is -2.34. The average Bonchev–Trinajstić information content (AvgIpc) is 2.80. The van der Waals surface area contributed by atoms with Crippen molar-refractivity contribution in [2.24, 2.45) is 5.73 Å². The number of nitrogens with two attached hydrogens (primary N) is 1. The van der Waals surface area contributed by atoms with Crippen molar-refractivity contribution in [2.75, 3.05) is 11.4 Å².